The number of amides is 2. The average Bonchev–Trinajstić information content (AvgIpc) is 2.90. The van der Waals surface area contributed by atoms with Gasteiger partial charge in [-0.05, 0) is 25.0 Å². The maximum absolute atomic E-state index is 11.6. The number of carbonyl (C=O) groups excluding carboxylic acids is 1. The molecular formula is C14H17N3OS. The third-order valence-electron chi connectivity index (χ3n) is 3.66. The van der Waals surface area contributed by atoms with Gasteiger partial charge in [0.2, 0.25) is 0 Å². The fourth-order valence-electron chi connectivity index (χ4n) is 2.55. The summed E-state index contributed by atoms with van der Waals surface area (Å²) in [6.45, 7) is 1.64. The summed E-state index contributed by atoms with van der Waals surface area (Å²) in [5, 5.41) is 3.90. The number of para-hydroxylation sites is 1. The number of aromatic nitrogens is 1. The predicted molar refractivity (Wildman–Crippen MR) is 77.6 cm³/mol. The van der Waals surface area contributed by atoms with Gasteiger partial charge in [0, 0.05) is 26.1 Å². The molecule has 0 saturated carbocycles. The van der Waals surface area contributed by atoms with Crippen molar-refractivity contribution in [3.63, 3.8) is 0 Å². The Morgan fingerprint density at radius 3 is 2.79 bits per heavy atom. The predicted octanol–water partition coefficient (Wildman–Crippen LogP) is 2.82. The van der Waals surface area contributed by atoms with E-state index in [2.05, 4.69) is 23.5 Å². The first kappa shape index (κ1) is 12.4. The number of hydrogen-bond donors (Lipinski definition) is 1. The topological polar surface area (TPSA) is 45.2 Å². The molecule has 100 valence electrons. The fourth-order valence-corrected chi connectivity index (χ4v) is 3.69. The number of nitrogens with zero attached hydrogens (tertiary/aromatic N) is 2. The van der Waals surface area contributed by atoms with Crippen LogP contribution in [0.15, 0.2) is 24.3 Å². The van der Waals surface area contributed by atoms with Gasteiger partial charge in [-0.3, -0.25) is 0 Å². The van der Waals surface area contributed by atoms with Gasteiger partial charge in [0.1, 0.15) is 0 Å². The Morgan fingerprint density at radius 2 is 2.11 bits per heavy atom. The number of urea groups is 1. The minimum Gasteiger partial charge on any atom is -0.341 e. The summed E-state index contributed by atoms with van der Waals surface area (Å²) in [5.41, 5.74) is 1.09. The second-order valence-corrected chi connectivity index (χ2v) is 5.90. The molecule has 1 aliphatic rings. The van der Waals surface area contributed by atoms with Crippen LogP contribution in [0.5, 0.6) is 0 Å². The summed E-state index contributed by atoms with van der Waals surface area (Å²) in [7, 11) is 1.68. The fraction of sp³-hybridized carbons (Fsp3) is 0.429. The van der Waals surface area contributed by atoms with Crippen molar-refractivity contribution in [1.82, 2.24) is 15.2 Å². The van der Waals surface area contributed by atoms with Crippen molar-refractivity contribution in [2.24, 2.45) is 0 Å². The highest BCUT2D eigenvalue weighted by Crippen LogP contribution is 2.33. The third kappa shape index (κ3) is 2.42. The molecule has 1 saturated heterocycles. The van der Waals surface area contributed by atoms with Crippen molar-refractivity contribution in [1.29, 1.82) is 0 Å². The summed E-state index contributed by atoms with van der Waals surface area (Å²) >= 11 is 1.79. The molecule has 2 heterocycles. The highest BCUT2D eigenvalue weighted by atomic mass is 32.1. The number of benzene rings is 1. The second kappa shape index (κ2) is 5.17. The van der Waals surface area contributed by atoms with Gasteiger partial charge < -0.3 is 10.2 Å². The molecule has 3 rings (SSSR count). The van der Waals surface area contributed by atoms with Gasteiger partial charge in [-0.2, -0.15) is 0 Å². The molecule has 1 fully saturated rings. The Hall–Kier alpha value is -1.62. The number of likely N-dealkylation sites (tertiary alicyclic amines) is 1. The van der Waals surface area contributed by atoms with Crippen LogP contribution in [0, 0.1) is 0 Å². The lowest BCUT2D eigenvalue weighted by Crippen LogP contribution is -2.42. The minimum absolute atomic E-state index is 0.0303. The van der Waals surface area contributed by atoms with Gasteiger partial charge >= 0.3 is 6.03 Å². The average molecular weight is 275 g/mol. The number of rotatable bonds is 1. The lowest BCUT2D eigenvalue weighted by Gasteiger charge is -2.30. The molecule has 0 unspecified atom stereocenters. The summed E-state index contributed by atoms with van der Waals surface area (Å²) in [6.07, 6.45) is 2.01. The van der Waals surface area contributed by atoms with Crippen LogP contribution in [-0.4, -0.2) is 36.1 Å². The zero-order valence-corrected chi connectivity index (χ0v) is 11.7. The molecule has 1 aromatic heterocycles. The van der Waals surface area contributed by atoms with Crippen LogP contribution >= 0.6 is 11.3 Å². The molecule has 19 heavy (non-hydrogen) atoms. The zero-order chi connectivity index (χ0) is 13.2. The Balaban J connectivity index is 1.72. The Kier molecular flexibility index (Phi) is 3.38. The number of hydrogen-bond acceptors (Lipinski definition) is 3. The smallest absolute Gasteiger partial charge is 0.317 e. The van der Waals surface area contributed by atoms with E-state index in [1.165, 1.54) is 9.71 Å². The molecule has 0 spiro atoms. The van der Waals surface area contributed by atoms with Gasteiger partial charge in [0.25, 0.3) is 0 Å². The standard InChI is InChI=1S/C14H17N3OS/c1-15-14(18)17-8-6-10(7-9-17)13-16-11-4-2-3-5-12(11)19-13/h2-5,10H,6-9H2,1H3,(H,15,18). The molecule has 4 nitrogen and oxygen atoms in total. The first-order chi connectivity index (χ1) is 9.28. The number of piperidine rings is 1. The van der Waals surface area contributed by atoms with Crippen molar-refractivity contribution >= 4 is 27.6 Å². The van der Waals surface area contributed by atoms with Crippen molar-refractivity contribution in [2.75, 3.05) is 20.1 Å². The first-order valence-corrected chi connectivity index (χ1v) is 7.41. The summed E-state index contributed by atoms with van der Waals surface area (Å²) in [4.78, 5) is 18.2. The van der Waals surface area contributed by atoms with E-state index in [1.54, 1.807) is 18.4 Å². The van der Waals surface area contributed by atoms with Crippen LogP contribution in [0.2, 0.25) is 0 Å². The van der Waals surface area contributed by atoms with Gasteiger partial charge in [0.05, 0.1) is 15.2 Å². The minimum atomic E-state index is 0.0303. The van der Waals surface area contributed by atoms with Crippen LogP contribution < -0.4 is 5.32 Å². The van der Waals surface area contributed by atoms with E-state index in [0.29, 0.717) is 5.92 Å². The lowest BCUT2D eigenvalue weighted by molar-refractivity contribution is 0.183. The molecule has 1 aromatic carbocycles. The Labute approximate surface area is 116 Å². The lowest BCUT2D eigenvalue weighted by atomic mass is 9.98. The molecule has 1 N–H and O–H groups in total. The molecule has 0 bridgehead atoms. The molecular weight excluding hydrogens is 258 g/mol. The van der Waals surface area contributed by atoms with Crippen molar-refractivity contribution in [3.05, 3.63) is 29.3 Å². The van der Waals surface area contributed by atoms with E-state index in [1.807, 2.05) is 11.0 Å². The van der Waals surface area contributed by atoms with E-state index >= 15 is 0 Å². The van der Waals surface area contributed by atoms with Crippen LogP contribution in [0.25, 0.3) is 10.2 Å². The van der Waals surface area contributed by atoms with Crippen LogP contribution in [0.1, 0.15) is 23.8 Å². The summed E-state index contributed by atoms with van der Waals surface area (Å²) in [5.74, 6) is 0.498. The highest BCUT2D eigenvalue weighted by Gasteiger charge is 2.25. The van der Waals surface area contributed by atoms with E-state index in [4.69, 9.17) is 4.98 Å². The molecule has 1 aliphatic heterocycles. The highest BCUT2D eigenvalue weighted by molar-refractivity contribution is 7.18. The van der Waals surface area contributed by atoms with Crippen molar-refractivity contribution < 1.29 is 4.79 Å². The maximum Gasteiger partial charge on any atom is 0.317 e. The van der Waals surface area contributed by atoms with Crippen LogP contribution in [-0.2, 0) is 0 Å². The Bertz CT molecular complexity index is 554. The largest absolute Gasteiger partial charge is 0.341 e. The van der Waals surface area contributed by atoms with E-state index in [0.717, 1.165) is 31.4 Å². The van der Waals surface area contributed by atoms with Crippen molar-refractivity contribution in [3.8, 4) is 0 Å². The maximum atomic E-state index is 11.6. The number of nitrogens with one attached hydrogen (secondary N) is 1. The van der Waals surface area contributed by atoms with E-state index < -0.39 is 0 Å². The van der Waals surface area contributed by atoms with Gasteiger partial charge in [-0.1, -0.05) is 12.1 Å². The van der Waals surface area contributed by atoms with Gasteiger partial charge in [-0.15, -0.1) is 11.3 Å². The Morgan fingerprint density at radius 1 is 1.37 bits per heavy atom. The number of carbonyl (C=O) groups is 1. The third-order valence-corrected chi connectivity index (χ3v) is 4.85. The summed E-state index contributed by atoms with van der Waals surface area (Å²) in [6, 6.07) is 8.30. The summed E-state index contributed by atoms with van der Waals surface area (Å²) < 4.78 is 1.26. The second-order valence-electron chi connectivity index (χ2n) is 4.84. The van der Waals surface area contributed by atoms with Gasteiger partial charge in [0.15, 0.2) is 0 Å². The van der Waals surface area contributed by atoms with E-state index in [9.17, 15) is 4.79 Å². The first-order valence-electron chi connectivity index (χ1n) is 6.60. The number of thiazole rings is 1. The molecule has 5 heteroatoms. The van der Waals surface area contributed by atoms with E-state index in [-0.39, 0.29) is 6.03 Å². The van der Waals surface area contributed by atoms with Crippen molar-refractivity contribution in [2.45, 2.75) is 18.8 Å². The number of fused-ring (bicyclic) bond motifs is 1. The van der Waals surface area contributed by atoms with Crippen LogP contribution in [0.4, 0.5) is 4.79 Å². The van der Waals surface area contributed by atoms with Crippen LogP contribution in [0.3, 0.4) is 0 Å². The molecule has 0 aliphatic carbocycles. The van der Waals surface area contributed by atoms with Gasteiger partial charge in [-0.25, -0.2) is 9.78 Å². The molecule has 0 radical (unpaired) electrons. The molecule has 0 atom stereocenters. The SMILES string of the molecule is CNC(=O)N1CCC(c2nc3ccccc3s2)CC1. The monoisotopic (exact) mass is 275 g/mol. The quantitative estimate of drug-likeness (QED) is 0.870. The normalized spacial score (nSPS) is 16.8. The molecule has 2 amide bonds. The molecule has 2 aromatic rings. The zero-order valence-electron chi connectivity index (χ0n) is 10.9.